The van der Waals surface area contributed by atoms with E-state index < -0.39 is 17.5 Å². The predicted octanol–water partition coefficient (Wildman–Crippen LogP) is 3.20. The number of likely N-dealkylation sites (tertiary alicyclic amines) is 1. The Morgan fingerprint density at radius 2 is 1.53 bits per heavy atom. The van der Waals surface area contributed by atoms with Crippen LogP contribution in [-0.4, -0.2) is 72.3 Å². The fourth-order valence-electron chi connectivity index (χ4n) is 4.54. The van der Waals surface area contributed by atoms with Crippen LogP contribution in [0.2, 0.25) is 0 Å². The first kappa shape index (κ1) is 22.4. The van der Waals surface area contributed by atoms with E-state index in [-0.39, 0.29) is 17.4 Å². The predicted molar refractivity (Wildman–Crippen MR) is 118 cm³/mol. The normalized spacial score (nSPS) is 18.1. The number of rotatable bonds is 5. The zero-order valence-electron chi connectivity index (χ0n) is 18.2. The molecule has 0 unspecified atom stereocenters. The first-order valence-electron chi connectivity index (χ1n) is 11.3. The Kier molecular flexibility index (Phi) is 7.15. The second-order valence-corrected chi connectivity index (χ2v) is 8.59. The van der Waals surface area contributed by atoms with Gasteiger partial charge in [0.15, 0.2) is 0 Å². The van der Waals surface area contributed by atoms with Crippen molar-refractivity contribution in [3.8, 4) is 0 Å². The van der Waals surface area contributed by atoms with Crippen molar-refractivity contribution in [3.63, 3.8) is 0 Å². The topological polar surface area (TPSA) is 43.9 Å². The molecule has 2 aromatic rings. The molecule has 2 fully saturated rings. The van der Waals surface area contributed by atoms with Gasteiger partial charge >= 0.3 is 0 Å². The van der Waals surface area contributed by atoms with E-state index in [9.17, 15) is 18.4 Å². The average molecular weight is 442 g/mol. The highest BCUT2D eigenvalue weighted by Gasteiger charge is 2.32. The van der Waals surface area contributed by atoms with Crippen LogP contribution in [-0.2, 0) is 11.2 Å². The Labute approximate surface area is 187 Å². The van der Waals surface area contributed by atoms with Gasteiger partial charge in [-0.1, -0.05) is 30.3 Å². The third-order valence-corrected chi connectivity index (χ3v) is 6.54. The van der Waals surface area contributed by atoms with Gasteiger partial charge in [-0.15, -0.1) is 0 Å². The Morgan fingerprint density at radius 1 is 0.844 bits per heavy atom. The molecule has 2 amide bonds. The Balaban J connectivity index is 1.22. The zero-order chi connectivity index (χ0) is 22.5. The molecule has 0 bridgehead atoms. The number of hydrogen-bond acceptors (Lipinski definition) is 3. The minimum Gasteiger partial charge on any atom is -0.340 e. The number of halogens is 2. The summed E-state index contributed by atoms with van der Waals surface area (Å²) in [5, 5.41) is 0. The molecular formula is C25H29F2N3O2. The first-order chi connectivity index (χ1) is 15.5. The molecule has 2 saturated heterocycles. The van der Waals surface area contributed by atoms with Crippen molar-refractivity contribution in [1.29, 1.82) is 0 Å². The van der Waals surface area contributed by atoms with E-state index in [1.54, 1.807) is 4.90 Å². The van der Waals surface area contributed by atoms with E-state index in [0.29, 0.717) is 25.9 Å². The number of piperazine rings is 1. The lowest BCUT2D eigenvalue weighted by molar-refractivity contribution is -0.138. The second kappa shape index (κ2) is 10.2. The molecule has 0 N–H and O–H groups in total. The SMILES string of the molecule is O=C(c1ccc(F)cc1F)N1CCC(C(=O)N2CCN(CCc3ccccc3)CC2)CC1. The van der Waals surface area contributed by atoms with Crippen LogP contribution in [0.1, 0.15) is 28.8 Å². The van der Waals surface area contributed by atoms with Crippen LogP contribution in [0.5, 0.6) is 0 Å². The molecule has 5 nitrogen and oxygen atoms in total. The molecule has 32 heavy (non-hydrogen) atoms. The number of piperidine rings is 1. The highest BCUT2D eigenvalue weighted by molar-refractivity contribution is 5.94. The molecule has 0 atom stereocenters. The minimum atomic E-state index is -0.849. The van der Waals surface area contributed by atoms with Gasteiger partial charge in [-0.3, -0.25) is 14.5 Å². The van der Waals surface area contributed by atoms with Crippen LogP contribution in [0, 0.1) is 17.6 Å². The van der Waals surface area contributed by atoms with Gasteiger partial charge in [0.2, 0.25) is 5.91 Å². The van der Waals surface area contributed by atoms with E-state index >= 15 is 0 Å². The molecule has 2 aliphatic rings. The maximum absolute atomic E-state index is 13.9. The van der Waals surface area contributed by atoms with Crippen LogP contribution in [0.15, 0.2) is 48.5 Å². The second-order valence-electron chi connectivity index (χ2n) is 8.59. The average Bonchev–Trinajstić information content (AvgIpc) is 2.83. The molecule has 7 heteroatoms. The van der Waals surface area contributed by atoms with Crippen molar-refractivity contribution in [2.24, 2.45) is 5.92 Å². The number of benzene rings is 2. The van der Waals surface area contributed by atoms with Crippen LogP contribution in [0.3, 0.4) is 0 Å². The van der Waals surface area contributed by atoms with Crippen LogP contribution in [0.4, 0.5) is 8.78 Å². The van der Waals surface area contributed by atoms with E-state index in [1.165, 1.54) is 11.6 Å². The van der Waals surface area contributed by atoms with Crippen molar-refractivity contribution in [2.45, 2.75) is 19.3 Å². The summed E-state index contributed by atoms with van der Waals surface area (Å²) in [5.41, 5.74) is 1.20. The third kappa shape index (κ3) is 5.33. The fraction of sp³-hybridized carbons (Fsp3) is 0.440. The molecule has 170 valence electrons. The molecule has 0 saturated carbocycles. The molecule has 0 aliphatic carbocycles. The van der Waals surface area contributed by atoms with Gasteiger partial charge in [-0.25, -0.2) is 8.78 Å². The smallest absolute Gasteiger partial charge is 0.256 e. The van der Waals surface area contributed by atoms with Gasteiger partial charge in [0.25, 0.3) is 5.91 Å². The maximum Gasteiger partial charge on any atom is 0.256 e. The largest absolute Gasteiger partial charge is 0.340 e. The van der Waals surface area contributed by atoms with E-state index in [4.69, 9.17) is 0 Å². The van der Waals surface area contributed by atoms with E-state index in [1.807, 2.05) is 11.0 Å². The molecule has 2 aromatic carbocycles. The minimum absolute atomic E-state index is 0.104. The van der Waals surface area contributed by atoms with Crippen molar-refractivity contribution in [3.05, 3.63) is 71.3 Å². The van der Waals surface area contributed by atoms with Crippen molar-refractivity contribution >= 4 is 11.8 Å². The lowest BCUT2D eigenvalue weighted by atomic mass is 9.94. The molecular weight excluding hydrogens is 412 g/mol. The highest BCUT2D eigenvalue weighted by atomic mass is 19.1. The van der Waals surface area contributed by atoms with Gasteiger partial charge in [0.05, 0.1) is 5.56 Å². The van der Waals surface area contributed by atoms with Gasteiger partial charge in [0, 0.05) is 57.8 Å². The van der Waals surface area contributed by atoms with Crippen LogP contribution < -0.4 is 0 Å². The molecule has 2 aliphatic heterocycles. The summed E-state index contributed by atoms with van der Waals surface area (Å²) in [5.74, 6) is -1.94. The van der Waals surface area contributed by atoms with Gasteiger partial charge in [0.1, 0.15) is 11.6 Å². The summed E-state index contributed by atoms with van der Waals surface area (Å²) in [6, 6.07) is 13.4. The van der Waals surface area contributed by atoms with Gasteiger partial charge in [-0.2, -0.15) is 0 Å². The van der Waals surface area contributed by atoms with Crippen LogP contribution in [0.25, 0.3) is 0 Å². The van der Waals surface area contributed by atoms with Gasteiger partial charge in [-0.05, 0) is 37.0 Å². The quantitative estimate of drug-likeness (QED) is 0.716. The molecule has 0 spiro atoms. The number of amides is 2. The van der Waals surface area contributed by atoms with Crippen molar-refractivity contribution < 1.29 is 18.4 Å². The molecule has 2 heterocycles. The summed E-state index contributed by atoms with van der Waals surface area (Å²) < 4.78 is 27.0. The van der Waals surface area contributed by atoms with Crippen molar-refractivity contribution in [1.82, 2.24) is 14.7 Å². The number of nitrogens with zero attached hydrogens (tertiary/aromatic N) is 3. The summed E-state index contributed by atoms with van der Waals surface area (Å²) in [7, 11) is 0. The standard InChI is InChI=1S/C25H29F2N3O2/c26-21-6-7-22(23(27)18-21)25(32)29-12-9-20(10-13-29)24(31)30-16-14-28(15-17-30)11-8-19-4-2-1-3-5-19/h1-7,18,20H,8-17H2. The highest BCUT2D eigenvalue weighted by Crippen LogP contribution is 2.23. The third-order valence-electron chi connectivity index (χ3n) is 6.54. The fourth-order valence-corrected chi connectivity index (χ4v) is 4.54. The molecule has 4 rings (SSSR count). The van der Waals surface area contributed by atoms with Crippen LogP contribution >= 0.6 is 0 Å². The summed E-state index contributed by atoms with van der Waals surface area (Å²) in [6.07, 6.45) is 2.15. The maximum atomic E-state index is 13.9. The monoisotopic (exact) mass is 441 g/mol. The zero-order valence-corrected chi connectivity index (χ0v) is 18.2. The number of hydrogen-bond donors (Lipinski definition) is 0. The Bertz CT molecular complexity index is 937. The lowest BCUT2D eigenvalue weighted by Gasteiger charge is -2.38. The Hall–Kier alpha value is -2.80. The van der Waals surface area contributed by atoms with E-state index in [2.05, 4.69) is 29.2 Å². The Morgan fingerprint density at radius 3 is 2.19 bits per heavy atom. The molecule has 0 radical (unpaired) electrons. The lowest BCUT2D eigenvalue weighted by Crippen LogP contribution is -2.52. The molecule has 0 aromatic heterocycles. The summed E-state index contributed by atoms with van der Waals surface area (Å²) in [4.78, 5) is 31.5. The van der Waals surface area contributed by atoms with Crippen molar-refractivity contribution in [2.75, 3.05) is 45.8 Å². The van der Waals surface area contributed by atoms with E-state index in [0.717, 1.165) is 51.3 Å². The van der Waals surface area contributed by atoms with Gasteiger partial charge < -0.3 is 9.80 Å². The summed E-state index contributed by atoms with van der Waals surface area (Å²) >= 11 is 0. The first-order valence-corrected chi connectivity index (χ1v) is 11.3. The summed E-state index contributed by atoms with van der Waals surface area (Å²) in [6.45, 7) is 5.01. The number of carbonyl (C=O) groups is 2. The number of carbonyl (C=O) groups excluding carboxylic acids is 2.